The van der Waals surface area contributed by atoms with Gasteiger partial charge in [0.15, 0.2) is 0 Å². The molecule has 2 saturated heterocycles. The number of nitrogens with zero attached hydrogens (tertiary/aromatic N) is 2. The van der Waals surface area contributed by atoms with E-state index < -0.39 is 0 Å². The number of halogens is 2. The van der Waals surface area contributed by atoms with Crippen molar-refractivity contribution in [2.45, 2.75) is 25.3 Å². The third kappa shape index (κ3) is 2.39. The van der Waals surface area contributed by atoms with Crippen LogP contribution in [0.15, 0.2) is 27.1 Å². The molecule has 6 heteroatoms. The van der Waals surface area contributed by atoms with Crippen LogP contribution >= 0.6 is 31.9 Å². The summed E-state index contributed by atoms with van der Waals surface area (Å²) >= 11 is 6.93. The van der Waals surface area contributed by atoms with E-state index in [9.17, 15) is 9.59 Å². The second kappa shape index (κ2) is 5.48. The quantitative estimate of drug-likeness (QED) is 0.725. The molecule has 20 heavy (non-hydrogen) atoms. The summed E-state index contributed by atoms with van der Waals surface area (Å²) < 4.78 is 1.79. The lowest BCUT2D eigenvalue weighted by atomic mass is 10.2. The van der Waals surface area contributed by atoms with E-state index in [1.54, 1.807) is 9.80 Å². The molecular weight excluding hydrogens is 388 g/mol. The molecule has 2 fully saturated rings. The van der Waals surface area contributed by atoms with E-state index in [4.69, 9.17) is 0 Å². The zero-order valence-electron chi connectivity index (χ0n) is 10.8. The molecule has 0 radical (unpaired) electrons. The molecule has 4 nitrogen and oxygen atoms in total. The van der Waals surface area contributed by atoms with Gasteiger partial charge in [-0.25, -0.2) is 0 Å². The molecular formula is C14H14Br2N2O2. The summed E-state index contributed by atoms with van der Waals surface area (Å²) in [5.41, 5.74) is 0.825. The third-order valence-electron chi connectivity index (χ3n) is 3.87. The highest BCUT2D eigenvalue weighted by molar-refractivity contribution is 9.11. The van der Waals surface area contributed by atoms with Crippen LogP contribution < -0.4 is 4.90 Å². The first kappa shape index (κ1) is 14.1. The standard InChI is InChI=1S/C14H14Br2N2O2/c15-9-3-4-10(16)12(8-9)18-7-5-13(19)17-6-1-2-11(17)14(18)20/h3-4,8,11H,1-2,5-7H2. The van der Waals surface area contributed by atoms with E-state index in [-0.39, 0.29) is 17.9 Å². The van der Waals surface area contributed by atoms with Crippen LogP contribution in [-0.2, 0) is 9.59 Å². The molecule has 1 aromatic carbocycles. The smallest absolute Gasteiger partial charge is 0.249 e. The number of carbonyl (C=O) groups excluding carboxylic acids is 2. The van der Waals surface area contributed by atoms with Gasteiger partial charge in [-0.3, -0.25) is 9.59 Å². The van der Waals surface area contributed by atoms with Crippen molar-refractivity contribution in [3.8, 4) is 0 Å². The van der Waals surface area contributed by atoms with Crippen LogP contribution in [0.25, 0.3) is 0 Å². The topological polar surface area (TPSA) is 40.6 Å². The first-order valence-electron chi connectivity index (χ1n) is 6.64. The summed E-state index contributed by atoms with van der Waals surface area (Å²) in [5, 5.41) is 0. The minimum Gasteiger partial charge on any atom is -0.331 e. The number of benzene rings is 1. The fourth-order valence-corrected chi connectivity index (χ4v) is 3.70. The van der Waals surface area contributed by atoms with Gasteiger partial charge in [-0.05, 0) is 47.0 Å². The molecule has 0 saturated carbocycles. The number of anilines is 1. The van der Waals surface area contributed by atoms with Crippen LogP contribution in [0.5, 0.6) is 0 Å². The molecule has 2 aliphatic heterocycles. The second-order valence-corrected chi connectivity index (χ2v) is 6.85. The maximum Gasteiger partial charge on any atom is 0.249 e. The van der Waals surface area contributed by atoms with Crippen molar-refractivity contribution in [1.29, 1.82) is 0 Å². The van der Waals surface area contributed by atoms with Gasteiger partial charge in [-0.1, -0.05) is 15.9 Å². The van der Waals surface area contributed by atoms with Gasteiger partial charge < -0.3 is 9.80 Å². The largest absolute Gasteiger partial charge is 0.331 e. The van der Waals surface area contributed by atoms with Gasteiger partial charge in [0.25, 0.3) is 0 Å². The maximum absolute atomic E-state index is 12.7. The number of carbonyl (C=O) groups is 2. The van der Waals surface area contributed by atoms with Gasteiger partial charge in [-0.15, -0.1) is 0 Å². The van der Waals surface area contributed by atoms with Crippen molar-refractivity contribution >= 4 is 49.4 Å². The molecule has 1 aromatic rings. The van der Waals surface area contributed by atoms with Gasteiger partial charge >= 0.3 is 0 Å². The first-order chi connectivity index (χ1) is 9.58. The lowest BCUT2D eigenvalue weighted by Gasteiger charge is -2.26. The van der Waals surface area contributed by atoms with Gasteiger partial charge in [0.2, 0.25) is 11.8 Å². The summed E-state index contributed by atoms with van der Waals surface area (Å²) in [6.45, 7) is 1.16. The van der Waals surface area contributed by atoms with Crippen molar-refractivity contribution in [3.05, 3.63) is 27.1 Å². The highest BCUT2D eigenvalue weighted by Crippen LogP contribution is 2.33. The van der Waals surface area contributed by atoms with Crippen LogP contribution in [0.3, 0.4) is 0 Å². The van der Waals surface area contributed by atoms with E-state index in [1.807, 2.05) is 18.2 Å². The predicted octanol–water partition coefficient (Wildman–Crippen LogP) is 2.94. The fraction of sp³-hybridized carbons (Fsp3) is 0.429. The fourth-order valence-electron chi connectivity index (χ4n) is 2.89. The maximum atomic E-state index is 12.7. The summed E-state index contributed by atoms with van der Waals surface area (Å²) in [4.78, 5) is 28.3. The molecule has 1 atom stereocenters. The normalized spacial score (nSPS) is 23.0. The van der Waals surface area contributed by atoms with E-state index in [0.29, 0.717) is 19.5 Å². The Labute approximate surface area is 134 Å². The summed E-state index contributed by atoms with van der Waals surface area (Å²) in [5.74, 6) is 0.126. The van der Waals surface area contributed by atoms with Gasteiger partial charge in [0.05, 0.1) is 5.69 Å². The minimum atomic E-state index is -0.282. The van der Waals surface area contributed by atoms with Gasteiger partial charge in [0, 0.05) is 28.5 Å². The summed E-state index contributed by atoms with van der Waals surface area (Å²) in [6, 6.07) is 5.46. The number of hydrogen-bond acceptors (Lipinski definition) is 2. The number of hydrogen-bond donors (Lipinski definition) is 0. The Morgan fingerprint density at radius 1 is 1.15 bits per heavy atom. The molecule has 0 spiro atoms. The third-order valence-corrected chi connectivity index (χ3v) is 5.04. The van der Waals surface area contributed by atoms with Gasteiger partial charge in [-0.2, -0.15) is 0 Å². The summed E-state index contributed by atoms with van der Waals surface area (Å²) in [7, 11) is 0. The molecule has 3 rings (SSSR count). The summed E-state index contributed by atoms with van der Waals surface area (Å²) in [6.07, 6.45) is 2.07. The highest BCUT2D eigenvalue weighted by Gasteiger charge is 2.40. The van der Waals surface area contributed by atoms with Crippen molar-refractivity contribution in [3.63, 3.8) is 0 Å². The van der Waals surface area contributed by atoms with Crippen molar-refractivity contribution < 1.29 is 9.59 Å². The van der Waals surface area contributed by atoms with Crippen LogP contribution in [0.4, 0.5) is 5.69 Å². The average molecular weight is 402 g/mol. The molecule has 2 aliphatic rings. The predicted molar refractivity (Wildman–Crippen MR) is 83.5 cm³/mol. The number of fused-ring (bicyclic) bond motifs is 1. The van der Waals surface area contributed by atoms with Crippen molar-refractivity contribution in [2.75, 3.05) is 18.0 Å². The Kier molecular flexibility index (Phi) is 3.86. The molecule has 0 bridgehead atoms. The minimum absolute atomic E-state index is 0.0344. The Morgan fingerprint density at radius 3 is 2.75 bits per heavy atom. The molecule has 0 aliphatic carbocycles. The SMILES string of the molecule is O=C1C2CCCN2C(=O)CCN1c1cc(Br)ccc1Br. The lowest BCUT2D eigenvalue weighted by molar-refractivity contribution is -0.135. The molecule has 106 valence electrons. The monoisotopic (exact) mass is 400 g/mol. The highest BCUT2D eigenvalue weighted by atomic mass is 79.9. The number of rotatable bonds is 1. The van der Waals surface area contributed by atoms with E-state index in [1.165, 1.54) is 0 Å². The molecule has 2 heterocycles. The Balaban J connectivity index is 1.98. The Morgan fingerprint density at radius 2 is 1.95 bits per heavy atom. The van der Waals surface area contributed by atoms with Crippen LogP contribution in [0, 0.1) is 0 Å². The van der Waals surface area contributed by atoms with Crippen LogP contribution in [0.1, 0.15) is 19.3 Å². The van der Waals surface area contributed by atoms with E-state index in [2.05, 4.69) is 31.9 Å². The van der Waals surface area contributed by atoms with E-state index >= 15 is 0 Å². The zero-order chi connectivity index (χ0) is 14.3. The molecule has 0 aromatic heterocycles. The van der Waals surface area contributed by atoms with Crippen molar-refractivity contribution in [2.24, 2.45) is 0 Å². The zero-order valence-corrected chi connectivity index (χ0v) is 14.0. The average Bonchev–Trinajstić information content (AvgIpc) is 2.87. The first-order valence-corrected chi connectivity index (χ1v) is 8.22. The van der Waals surface area contributed by atoms with Gasteiger partial charge in [0.1, 0.15) is 6.04 Å². The Bertz CT molecular complexity index is 576. The molecule has 2 amide bonds. The van der Waals surface area contributed by atoms with Crippen LogP contribution in [-0.4, -0.2) is 35.8 Å². The van der Waals surface area contributed by atoms with E-state index in [0.717, 1.165) is 27.5 Å². The van der Waals surface area contributed by atoms with Crippen LogP contribution in [0.2, 0.25) is 0 Å². The Hall–Kier alpha value is -0.880. The molecule has 0 N–H and O–H groups in total. The van der Waals surface area contributed by atoms with Crippen molar-refractivity contribution in [1.82, 2.24) is 4.90 Å². The molecule has 1 unspecified atom stereocenters. The second-order valence-electron chi connectivity index (χ2n) is 5.08. The lowest BCUT2D eigenvalue weighted by Crippen LogP contribution is -2.43. The number of amides is 2.